The van der Waals surface area contributed by atoms with E-state index >= 15 is 0 Å². The Morgan fingerprint density at radius 3 is 2.67 bits per heavy atom. The van der Waals surface area contributed by atoms with Crippen LogP contribution in [0.25, 0.3) is 10.9 Å². The molecular formula is C27H30N2O4. The maximum atomic E-state index is 13.3. The monoisotopic (exact) mass is 446 g/mol. The van der Waals surface area contributed by atoms with Gasteiger partial charge in [0.15, 0.2) is 0 Å². The summed E-state index contributed by atoms with van der Waals surface area (Å²) < 4.78 is 12.0. The first-order valence-electron chi connectivity index (χ1n) is 11.8. The summed E-state index contributed by atoms with van der Waals surface area (Å²) in [5.74, 6) is 0.0314. The van der Waals surface area contributed by atoms with E-state index < -0.39 is 6.10 Å². The summed E-state index contributed by atoms with van der Waals surface area (Å²) in [6, 6.07) is 20.1. The minimum atomic E-state index is -0.431. The normalized spacial score (nSPS) is 25.8. The Morgan fingerprint density at radius 1 is 1.18 bits per heavy atom. The number of aromatic amines is 1. The van der Waals surface area contributed by atoms with Crippen LogP contribution >= 0.6 is 0 Å². The molecule has 0 saturated carbocycles. The highest BCUT2D eigenvalue weighted by molar-refractivity contribution is 5.80. The van der Waals surface area contributed by atoms with Gasteiger partial charge in [-0.3, -0.25) is 9.59 Å². The van der Waals surface area contributed by atoms with Gasteiger partial charge in [0, 0.05) is 24.8 Å². The van der Waals surface area contributed by atoms with E-state index in [-0.39, 0.29) is 36.0 Å². The van der Waals surface area contributed by atoms with Gasteiger partial charge in [0.05, 0.1) is 18.3 Å². The molecule has 2 aliphatic rings. The van der Waals surface area contributed by atoms with Crippen molar-refractivity contribution in [2.45, 2.75) is 51.5 Å². The Kier molecular flexibility index (Phi) is 5.94. The number of nitrogens with one attached hydrogen (secondary N) is 1. The van der Waals surface area contributed by atoms with E-state index in [1.807, 2.05) is 53.4 Å². The van der Waals surface area contributed by atoms with Gasteiger partial charge in [-0.1, -0.05) is 55.5 Å². The molecule has 1 amide bonds. The first-order valence-corrected chi connectivity index (χ1v) is 11.8. The number of carbonyl (C=O) groups excluding carboxylic acids is 2. The number of ether oxygens (including phenoxy) is 2. The van der Waals surface area contributed by atoms with Gasteiger partial charge in [0.2, 0.25) is 5.91 Å². The lowest BCUT2D eigenvalue weighted by atomic mass is 9.78. The lowest BCUT2D eigenvalue weighted by molar-refractivity contribution is -0.157. The number of nitrogens with zero attached hydrogens (tertiary/aromatic N) is 1. The predicted molar refractivity (Wildman–Crippen MR) is 125 cm³/mol. The average Bonchev–Trinajstić information content (AvgIpc) is 3.44. The number of hydrogen-bond donors (Lipinski definition) is 1. The minimum Gasteiger partial charge on any atom is -0.456 e. The molecule has 6 nitrogen and oxygen atoms in total. The molecule has 0 spiro atoms. The van der Waals surface area contributed by atoms with Crippen LogP contribution in [0.5, 0.6) is 0 Å². The molecule has 1 aromatic heterocycles. The molecule has 2 saturated heterocycles. The summed E-state index contributed by atoms with van der Waals surface area (Å²) in [5.41, 5.74) is 2.98. The zero-order valence-corrected chi connectivity index (χ0v) is 19.1. The van der Waals surface area contributed by atoms with Crippen LogP contribution in [0.1, 0.15) is 56.5 Å². The zero-order chi connectivity index (χ0) is 22.9. The van der Waals surface area contributed by atoms with Crippen LogP contribution in [0.3, 0.4) is 0 Å². The molecule has 2 aliphatic heterocycles. The van der Waals surface area contributed by atoms with E-state index in [4.69, 9.17) is 9.47 Å². The molecule has 33 heavy (non-hydrogen) atoms. The number of esters is 1. The quantitative estimate of drug-likeness (QED) is 0.533. The van der Waals surface area contributed by atoms with Crippen LogP contribution in [-0.2, 0) is 19.1 Å². The van der Waals surface area contributed by atoms with Gasteiger partial charge < -0.3 is 19.4 Å². The highest BCUT2D eigenvalue weighted by atomic mass is 16.5. The number of amides is 1. The molecule has 5 rings (SSSR count). The number of H-pyrrole nitrogens is 1. The summed E-state index contributed by atoms with van der Waals surface area (Å²) in [6.07, 6.45) is 1.23. The Balaban J connectivity index is 1.40. The fourth-order valence-electron chi connectivity index (χ4n) is 5.60. The van der Waals surface area contributed by atoms with Crippen LogP contribution in [0.4, 0.5) is 0 Å². The number of para-hydroxylation sites is 1. The van der Waals surface area contributed by atoms with Gasteiger partial charge in [0.25, 0.3) is 0 Å². The fraction of sp³-hybridized carbons (Fsp3) is 0.407. The number of carbonyl (C=O) groups is 2. The van der Waals surface area contributed by atoms with Gasteiger partial charge in [-0.25, -0.2) is 0 Å². The second-order valence-corrected chi connectivity index (χ2v) is 9.13. The van der Waals surface area contributed by atoms with E-state index in [2.05, 4.69) is 24.0 Å². The lowest BCUT2D eigenvalue weighted by Crippen LogP contribution is -2.50. The van der Waals surface area contributed by atoms with Gasteiger partial charge >= 0.3 is 5.97 Å². The average molecular weight is 447 g/mol. The highest BCUT2D eigenvalue weighted by Gasteiger charge is 2.49. The van der Waals surface area contributed by atoms with Gasteiger partial charge in [0.1, 0.15) is 12.3 Å². The largest absolute Gasteiger partial charge is 0.456 e. The van der Waals surface area contributed by atoms with E-state index in [1.54, 1.807) is 0 Å². The number of aromatic nitrogens is 1. The molecule has 172 valence electrons. The molecule has 3 aromatic rings. The smallest absolute Gasteiger partial charge is 0.303 e. The minimum absolute atomic E-state index is 0.0447. The molecule has 2 fully saturated rings. The van der Waals surface area contributed by atoms with Crippen LogP contribution < -0.4 is 0 Å². The van der Waals surface area contributed by atoms with E-state index in [1.165, 1.54) is 6.92 Å². The summed E-state index contributed by atoms with van der Waals surface area (Å²) in [6.45, 7) is 4.10. The summed E-state index contributed by atoms with van der Waals surface area (Å²) in [4.78, 5) is 30.6. The molecule has 3 heterocycles. The highest BCUT2D eigenvalue weighted by Crippen LogP contribution is 2.45. The van der Waals surface area contributed by atoms with E-state index in [0.717, 1.165) is 28.6 Å². The molecule has 1 N–H and O–H groups in total. The molecular weight excluding hydrogens is 416 g/mol. The van der Waals surface area contributed by atoms with Gasteiger partial charge in [-0.15, -0.1) is 0 Å². The van der Waals surface area contributed by atoms with Crippen molar-refractivity contribution >= 4 is 22.8 Å². The number of piperidine rings is 1. The van der Waals surface area contributed by atoms with Crippen LogP contribution in [0.2, 0.25) is 0 Å². The van der Waals surface area contributed by atoms with Crippen molar-refractivity contribution in [3.63, 3.8) is 0 Å². The van der Waals surface area contributed by atoms with Crippen molar-refractivity contribution in [3.8, 4) is 0 Å². The molecule has 0 bridgehead atoms. The maximum Gasteiger partial charge on any atom is 0.303 e. The third-order valence-corrected chi connectivity index (χ3v) is 7.11. The molecule has 5 atom stereocenters. The van der Waals surface area contributed by atoms with Crippen molar-refractivity contribution in [2.75, 3.05) is 6.61 Å². The van der Waals surface area contributed by atoms with Crippen LogP contribution in [-0.4, -0.2) is 34.6 Å². The van der Waals surface area contributed by atoms with Crippen molar-refractivity contribution < 1.29 is 19.1 Å². The van der Waals surface area contributed by atoms with Crippen LogP contribution in [0, 0.1) is 11.8 Å². The Bertz CT molecular complexity index is 1110. The molecule has 0 radical (unpaired) electrons. The van der Waals surface area contributed by atoms with Crippen LogP contribution in [0.15, 0.2) is 60.7 Å². The van der Waals surface area contributed by atoms with Crippen molar-refractivity contribution in [2.24, 2.45) is 11.8 Å². The number of benzene rings is 2. The number of rotatable bonds is 6. The fourth-order valence-corrected chi connectivity index (χ4v) is 5.60. The van der Waals surface area contributed by atoms with Gasteiger partial charge in [-0.2, -0.15) is 0 Å². The molecule has 1 unspecified atom stereocenters. The predicted octanol–water partition coefficient (Wildman–Crippen LogP) is 5.13. The number of hydrogen-bond acceptors (Lipinski definition) is 4. The maximum absolute atomic E-state index is 13.3. The van der Waals surface area contributed by atoms with E-state index in [9.17, 15) is 9.59 Å². The first-order chi connectivity index (χ1) is 16.0. The van der Waals surface area contributed by atoms with Crippen molar-refractivity contribution in [1.82, 2.24) is 9.88 Å². The second kappa shape index (κ2) is 9.02. The summed E-state index contributed by atoms with van der Waals surface area (Å²) in [7, 11) is 0. The third-order valence-electron chi connectivity index (χ3n) is 7.11. The van der Waals surface area contributed by atoms with E-state index in [0.29, 0.717) is 19.4 Å². The van der Waals surface area contributed by atoms with Crippen molar-refractivity contribution in [1.29, 1.82) is 0 Å². The Hall–Kier alpha value is -3.12. The zero-order valence-electron chi connectivity index (χ0n) is 19.1. The SMILES string of the molecule is CC[C@H]1[C@H](CC(OC(C)=O)c2cc3ccccc3[nH]2)CC(=O)N2[C@@H]1OC[C@H]2c1ccccc1. The summed E-state index contributed by atoms with van der Waals surface area (Å²) >= 11 is 0. The number of fused-ring (bicyclic) bond motifs is 2. The Labute approximate surface area is 193 Å². The topological polar surface area (TPSA) is 71.6 Å². The summed E-state index contributed by atoms with van der Waals surface area (Å²) in [5, 5.41) is 1.08. The first kappa shape index (κ1) is 21.7. The molecule has 0 aliphatic carbocycles. The van der Waals surface area contributed by atoms with Gasteiger partial charge in [-0.05, 0) is 41.8 Å². The second-order valence-electron chi connectivity index (χ2n) is 9.13. The lowest BCUT2D eigenvalue weighted by Gasteiger charge is -2.42. The standard InChI is InChI=1S/C27H30N2O4/c1-3-21-20(14-25(33-17(2)30)23-13-19-11-7-8-12-22(19)28-23)15-26(31)29-24(16-32-27(21)29)18-9-5-4-6-10-18/h4-13,20-21,24-25,27-28H,3,14-16H2,1-2H3/t20-,21+,24+,25?,27-/m1/s1. The molecule has 2 aromatic carbocycles. The Morgan fingerprint density at radius 2 is 1.94 bits per heavy atom. The third kappa shape index (κ3) is 4.15. The van der Waals surface area contributed by atoms with Crippen molar-refractivity contribution in [3.05, 3.63) is 71.9 Å². The molecule has 6 heteroatoms.